The van der Waals surface area contributed by atoms with Gasteiger partial charge in [0.1, 0.15) is 5.76 Å². The number of nitrogens with zero attached hydrogens (tertiary/aromatic N) is 4. The molecule has 2 aromatic rings. The smallest absolute Gasteiger partial charge is 0.207 e. The Morgan fingerprint density at radius 1 is 0.818 bits per heavy atom. The second kappa shape index (κ2) is 8.11. The van der Waals surface area contributed by atoms with Crippen LogP contribution in [0.15, 0.2) is 72.5 Å². The first-order valence-corrected chi connectivity index (χ1v) is 10.6. The van der Waals surface area contributed by atoms with Crippen LogP contribution in [0.25, 0.3) is 0 Å². The van der Waals surface area contributed by atoms with Gasteiger partial charge in [-0.2, -0.15) is 21.0 Å². The molecule has 6 heteroatoms. The van der Waals surface area contributed by atoms with Gasteiger partial charge in [-0.1, -0.05) is 60.7 Å². The fraction of sp³-hybridized carbons (Fsp3) is 0.333. The van der Waals surface area contributed by atoms with Crippen LogP contribution in [-0.4, -0.2) is 12.9 Å². The maximum Gasteiger partial charge on any atom is 0.207 e. The minimum Gasteiger partial charge on any atom is -0.467 e. The molecule has 2 aromatic carbocycles. The van der Waals surface area contributed by atoms with Gasteiger partial charge in [0.25, 0.3) is 0 Å². The third-order valence-electron chi connectivity index (χ3n) is 7.04. The molecule has 0 amide bonds. The molecule has 162 valence electrons. The molecule has 0 radical (unpaired) electrons. The van der Waals surface area contributed by atoms with Gasteiger partial charge in [-0.15, -0.1) is 0 Å². The van der Waals surface area contributed by atoms with Gasteiger partial charge >= 0.3 is 0 Å². The highest BCUT2D eigenvalue weighted by Gasteiger charge is 2.69. The molecule has 1 aliphatic heterocycles. The van der Waals surface area contributed by atoms with Crippen LogP contribution in [0.5, 0.6) is 0 Å². The summed E-state index contributed by atoms with van der Waals surface area (Å²) in [6.45, 7) is 1.81. The van der Waals surface area contributed by atoms with Crippen molar-refractivity contribution in [1.82, 2.24) is 0 Å². The third-order valence-corrected chi connectivity index (χ3v) is 7.04. The van der Waals surface area contributed by atoms with E-state index in [9.17, 15) is 21.0 Å². The molecule has 4 atom stereocenters. The highest BCUT2D eigenvalue weighted by molar-refractivity contribution is 5.51. The van der Waals surface area contributed by atoms with Crippen LogP contribution in [0.2, 0.25) is 0 Å². The maximum atomic E-state index is 10.5. The van der Waals surface area contributed by atoms with Crippen molar-refractivity contribution in [2.24, 2.45) is 16.7 Å². The van der Waals surface area contributed by atoms with Gasteiger partial charge in [0.15, 0.2) is 10.8 Å². The normalized spacial score (nSPS) is 28.9. The van der Waals surface area contributed by atoms with Gasteiger partial charge in [0, 0.05) is 32.3 Å². The standard InChI is InChI=1S/C27H22N4O2/c1-25(32-2)14-21(19-9-5-3-6-10-19)24-23(33-25)13-22(20-11-7-4-8-12-20)26(15-28,16-29)27(24,17-30)18-31/h3-13,21-22,24H,14H2,1-2H3/t21-,22-,24-,25-/m0/s1. The number of benzene rings is 2. The van der Waals surface area contributed by atoms with Gasteiger partial charge < -0.3 is 9.47 Å². The Hall–Kier alpha value is -4.10. The summed E-state index contributed by atoms with van der Waals surface area (Å²) < 4.78 is 12.0. The average Bonchev–Trinajstić information content (AvgIpc) is 2.88. The highest BCUT2D eigenvalue weighted by atomic mass is 16.7. The number of fused-ring (bicyclic) bond motifs is 1. The molecule has 0 saturated carbocycles. The fourth-order valence-corrected chi connectivity index (χ4v) is 5.33. The fourth-order valence-electron chi connectivity index (χ4n) is 5.33. The molecule has 0 unspecified atom stereocenters. The molecule has 1 fully saturated rings. The molecule has 6 nitrogen and oxygen atoms in total. The van der Waals surface area contributed by atoms with Crippen molar-refractivity contribution in [3.8, 4) is 24.3 Å². The minimum atomic E-state index is -1.98. The second-order valence-corrected chi connectivity index (χ2v) is 8.66. The van der Waals surface area contributed by atoms with Crippen molar-refractivity contribution in [2.45, 2.75) is 31.0 Å². The molecular weight excluding hydrogens is 412 g/mol. The molecule has 4 rings (SSSR count). The zero-order valence-electron chi connectivity index (χ0n) is 18.4. The van der Waals surface area contributed by atoms with Crippen molar-refractivity contribution in [3.05, 3.63) is 83.6 Å². The summed E-state index contributed by atoms with van der Waals surface area (Å²) in [4.78, 5) is 0. The van der Waals surface area contributed by atoms with Gasteiger partial charge in [-0.25, -0.2) is 0 Å². The predicted molar refractivity (Wildman–Crippen MR) is 118 cm³/mol. The molecule has 0 N–H and O–H groups in total. The molecule has 1 heterocycles. The summed E-state index contributed by atoms with van der Waals surface area (Å²) in [5, 5.41) is 41.8. The Balaban J connectivity index is 2.07. The summed E-state index contributed by atoms with van der Waals surface area (Å²) in [7, 11) is 1.55. The van der Waals surface area contributed by atoms with Crippen LogP contribution < -0.4 is 0 Å². The van der Waals surface area contributed by atoms with Crippen LogP contribution >= 0.6 is 0 Å². The van der Waals surface area contributed by atoms with E-state index in [0.717, 1.165) is 5.56 Å². The molecule has 0 spiro atoms. The summed E-state index contributed by atoms with van der Waals surface area (Å²) in [6.07, 6.45) is 2.09. The van der Waals surface area contributed by atoms with Crippen LogP contribution in [0.1, 0.15) is 36.3 Å². The van der Waals surface area contributed by atoms with E-state index in [-0.39, 0.29) is 5.92 Å². The Morgan fingerprint density at radius 2 is 1.33 bits per heavy atom. The van der Waals surface area contributed by atoms with E-state index in [0.29, 0.717) is 17.7 Å². The lowest BCUT2D eigenvalue weighted by molar-refractivity contribution is -0.226. The first kappa shape index (κ1) is 22.1. The molecular formula is C27H22N4O2. The number of hydrogen-bond donors (Lipinski definition) is 0. The number of allylic oxidation sites excluding steroid dienone is 2. The Bertz CT molecular complexity index is 1220. The summed E-state index contributed by atoms with van der Waals surface area (Å²) >= 11 is 0. The van der Waals surface area contributed by atoms with E-state index < -0.39 is 28.5 Å². The van der Waals surface area contributed by atoms with E-state index in [4.69, 9.17) is 9.47 Å². The van der Waals surface area contributed by atoms with Crippen molar-refractivity contribution in [3.63, 3.8) is 0 Å². The van der Waals surface area contributed by atoms with E-state index in [2.05, 4.69) is 24.3 Å². The van der Waals surface area contributed by atoms with E-state index in [1.807, 2.05) is 43.3 Å². The zero-order chi connectivity index (χ0) is 23.7. The average molecular weight is 434 g/mol. The lowest BCUT2D eigenvalue weighted by atomic mass is 9.47. The number of rotatable bonds is 3. The third kappa shape index (κ3) is 3.08. The summed E-state index contributed by atoms with van der Waals surface area (Å²) in [5.41, 5.74) is -2.37. The van der Waals surface area contributed by atoms with Gasteiger partial charge in [0.05, 0.1) is 30.2 Å². The molecule has 33 heavy (non-hydrogen) atoms. The van der Waals surface area contributed by atoms with Crippen LogP contribution in [-0.2, 0) is 9.47 Å². The number of hydrogen-bond acceptors (Lipinski definition) is 6. The Morgan fingerprint density at radius 3 is 1.82 bits per heavy atom. The van der Waals surface area contributed by atoms with Crippen molar-refractivity contribution in [1.29, 1.82) is 21.0 Å². The lowest BCUT2D eigenvalue weighted by Gasteiger charge is -2.53. The molecule has 2 aliphatic rings. The predicted octanol–water partition coefficient (Wildman–Crippen LogP) is 4.92. The molecule has 0 bridgehead atoms. The van der Waals surface area contributed by atoms with Gasteiger partial charge in [-0.3, -0.25) is 0 Å². The second-order valence-electron chi connectivity index (χ2n) is 8.66. The SMILES string of the molecule is CO[C@]1(C)C[C@@H](c2ccccc2)[C@H]2C(=C[C@@H](c3ccccc3)C(C#N)(C#N)C2(C#N)C#N)O1. The monoisotopic (exact) mass is 434 g/mol. The molecule has 1 saturated heterocycles. The van der Waals surface area contributed by atoms with Crippen molar-refractivity contribution >= 4 is 0 Å². The van der Waals surface area contributed by atoms with Crippen molar-refractivity contribution in [2.75, 3.05) is 7.11 Å². The molecule has 1 aliphatic carbocycles. The van der Waals surface area contributed by atoms with E-state index >= 15 is 0 Å². The number of ether oxygens (including phenoxy) is 2. The summed E-state index contributed by atoms with van der Waals surface area (Å²) in [5.74, 6) is -2.64. The quantitative estimate of drug-likeness (QED) is 0.677. The van der Waals surface area contributed by atoms with Crippen LogP contribution in [0.3, 0.4) is 0 Å². The topological polar surface area (TPSA) is 114 Å². The maximum absolute atomic E-state index is 10.5. The summed E-state index contributed by atoms with van der Waals surface area (Å²) in [6, 6.07) is 27.0. The van der Waals surface area contributed by atoms with E-state index in [1.165, 1.54) is 0 Å². The van der Waals surface area contributed by atoms with Gasteiger partial charge in [-0.05, 0) is 17.2 Å². The number of methoxy groups -OCH3 is 1. The van der Waals surface area contributed by atoms with Crippen molar-refractivity contribution < 1.29 is 9.47 Å². The Labute approximate surface area is 193 Å². The lowest BCUT2D eigenvalue weighted by Crippen LogP contribution is -2.56. The zero-order valence-corrected chi connectivity index (χ0v) is 18.4. The number of nitriles is 4. The highest BCUT2D eigenvalue weighted by Crippen LogP contribution is 2.64. The first-order chi connectivity index (χ1) is 15.9. The minimum absolute atomic E-state index is 0.351. The van der Waals surface area contributed by atoms with E-state index in [1.54, 1.807) is 37.5 Å². The van der Waals surface area contributed by atoms with Crippen LogP contribution in [0, 0.1) is 62.1 Å². The van der Waals surface area contributed by atoms with Crippen LogP contribution in [0.4, 0.5) is 0 Å². The molecule has 0 aromatic heterocycles. The Kier molecular flexibility index (Phi) is 5.43. The largest absolute Gasteiger partial charge is 0.467 e. The first-order valence-electron chi connectivity index (χ1n) is 10.6. The van der Waals surface area contributed by atoms with Gasteiger partial charge in [0.2, 0.25) is 5.79 Å².